The number of pyridine rings is 1. The second-order valence-corrected chi connectivity index (χ2v) is 5.33. The van der Waals surface area contributed by atoms with Crippen LogP contribution in [-0.4, -0.2) is 15.9 Å². The van der Waals surface area contributed by atoms with E-state index in [0.717, 1.165) is 9.88 Å². The minimum absolute atomic E-state index is 0.118. The van der Waals surface area contributed by atoms with E-state index in [4.69, 9.17) is 5.73 Å². The standard InChI is InChI=1S/C12H13FN4OS/c1-6-5-16-12(19-6)7(2)17-11(18)8-3-4-15-10(14)9(8)13/h3-5,7H,1-2H3,(H2,14,15)(H,17,18). The number of thiazole rings is 1. The lowest BCUT2D eigenvalue weighted by Crippen LogP contribution is -2.27. The average molecular weight is 280 g/mol. The number of carbonyl (C=O) groups is 1. The molecule has 0 spiro atoms. The summed E-state index contributed by atoms with van der Waals surface area (Å²) in [7, 11) is 0. The molecule has 7 heteroatoms. The molecule has 0 fully saturated rings. The molecule has 2 aromatic heterocycles. The first-order valence-electron chi connectivity index (χ1n) is 5.62. The van der Waals surface area contributed by atoms with Crippen LogP contribution in [0.25, 0.3) is 0 Å². The predicted molar refractivity (Wildman–Crippen MR) is 71.3 cm³/mol. The van der Waals surface area contributed by atoms with Crippen LogP contribution in [0, 0.1) is 12.7 Å². The van der Waals surface area contributed by atoms with Gasteiger partial charge in [-0.15, -0.1) is 11.3 Å². The highest BCUT2D eigenvalue weighted by Crippen LogP contribution is 2.20. The summed E-state index contributed by atoms with van der Waals surface area (Å²) in [6.45, 7) is 3.72. The highest BCUT2D eigenvalue weighted by molar-refractivity contribution is 7.11. The summed E-state index contributed by atoms with van der Waals surface area (Å²) in [5.41, 5.74) is 5.21. The van der Waals surface area contributed by atoms with E-state index in [1.807, 2.05) is 6.92 Å². The van der Waals surface area contributed by atoms with Crippen molar-refractivity contribution in [3.8, 4) is 0 Å². The Morgan fingerprint density at radius 2 is 2.26 bits per heavy atom. The molecule has 0 aliphatic heterocycles. The molecule has 1 atom stereocenters. The first kappa shape index (κ1) is 13.4. The number of aromatic nitrogens is 2. The van der Waals surface area contributed by atoms with Gasteiger partial charge in [0.1, 0.15) is 5.01 Å². The van der Waals surface area contributed by atoms with Crippen molar-refractivity contribution < 1.29 is 9.18 Å². The van der Waals surface area contributed by atoms with Gasteiger partial charge in [0.15, 0.2) is 11.6 Å². The number of halogens is 1. The van der Waals surface area contributed by atoms with Crippen LogP contribution in [0.1, 0.15) is 33.2 Å². The van der Waals surface area contributed by atoms with Crippen molar-refractivity contribution in [1.29, 1.82) is 0 Å². The molecule has 3 N–H and O–H groups in total. The Kier molecular flexibility index (Phi) is 3.75. The van der Waals surface area contributed by atoms with Crippen molar-refractivity contribution in [2.75, 3.05) is 5.73 Å². The molecule has 0 saturated carbocycles. The van der Waals surface area contributed by atoms with E-state index in [-0.39, 0.29) is 17.4 Å². The zero-order valence-corrected chi connectivity index (χ0v) is 11.3. The third-order valence-corrected chi connectivity index (χ3v) is 3.61. The van der Waals surface area contributed by atoms with Crippen molar-refractivity contribution >= 4 is 23.1 Å². The highest BCUT2D eigenvalue weighted by Gasteiger charge is 2.18. The van der Waals surface area contributed by atoms with Crippen LogP contribution in [0.3, 0.4) is 0 Å². The number of hydrogen-bond donors (Lipinski definition) is 2. The van der Waals surface area contributed by atoms with Crippen LogP contribution in [0.4, 0.5) is 10.2 Å². The molecule has 2 rings (SSSR count). The van der Waals surface area contributed by atoms with Crippen molar-refractivity contribution in [3.63, 3.8) is 0 Å². The van der Waals surface area contributed by atoms with Gasteiger partial charge in [0.2, 0.25) is 0 Å². The van der Waals surface area contributed by atoms with Gasteiger partial charge in [-0.2, -0.15) is 0 Å². The monoisotopic (exact) mass is 280 g/mol. The van der Waals surface area contributed by atoms with Crippen molar-refractivity contribution in [2.45, 2.75) is 19.9 Å². The topological polar surface area (TPSA) is 80.9 Å². The predicted octanol–water partition coefficient (Wildman–Crippen LogP) is 2.06. The number of anilines is 1. The maximum absolute atomic E-state index is 13.6. The van der Waals surface area contributed by atoms with Crippen LogP contribution in [0.2, 0.25) is 0 Å². The van der Waals surface area contributed by atoms with Crippen LogP contribution < -0.4 is 11.1 Å². The van der Waals surface area contributed by atoms with Crippen LogP contribution in [-0.2, 0) is 0 Å². The minimum Gasteiger partial charge on any atom is -0.381 e. The molecule has 5 nitrogen and oxygen atoms in total. The molecular formula is C12H13FN4OS. The number of nitrogens with two attached hydrogens (primary N) is 1. The second-order valence-electron chi connectivity index (χ2n) is 4.06. The molecule has 100 valence electrons. The zero-order valence-electron chi connectivity index (χ0n) is 10.5. The van der Waals surface area contributed by atoms with E-state index < -0.39 is 11.7 Å². The first-order valence-corrected chi connectivity index (χ1v) is 6.44. The van der Waals surface area contributed by atoms with E-state index in [2.05, 4.69) is 15.3 Å². The maximum Gasteiger partial charge on any atom is 0.255 e. The Bertz CT molecular complexity index is 614. The zero-order chi connectivity index (χ0) is 14.0. The summed E-state index contributed by atoms with van der Waals surface area (Å²) in [5.74, 6) is -1.63. The van der Waals surface area contributed by atoms with Crippen LogP contribution in [0.5, 0.6) is 0 Å². The molecule has 2 heterocycles. The SMILES string of the molecule is Cc1cnc(C(C)NC(=O)c2ccnc(N)c2F)s1. The Labute approximate surface area is 113 Å². The summed E-state index contributed by atoms with van der Waals surface area (Å²) < 4.78 is 13.6. The normalized spacial score (nSPS) is 12.2. The third kappa shape index (κ3) is 2.87. The lowest BCUT2D eigenvalue weighted by atomic mass is 10.2. The number of carbonyl (C=O) groups excluding carboxylic acids is 1. The fraction of sp³-hybridized carbons (Fsp3) is 0.250. The highest BCUT2D eigenvalue weighted by atomic mass is 32.1. The summed E-state index contributed by atoms with van der Waals surface area (Å²) in [6, 6.07) is 1.00. The van der Waals surface area contributed by atoms with Gasteiger partial charge in [-0.25, -0.2) is 14.4 Å². The molecule has 1 unspecified atom stereocenters. The molecule has 1 amide bonds. The Balaban J connectivity index is 2.15. The van der Waals surface area contributed by atoms with Crippen molar-refractivity contribution in [1.82, 2.24) is 15.3 Å². The lowest BCUT2D eigenvalue weighted by Gasteiger charge is -2.11. The minimum atomic E-state index is -0.803. The molecule has 19 heavy (non-hydrogen) atoms. The van der Waals surface area contributed by atoms with Gasteiger partial charge in [0.25, 0.3) is 5.91 Å². The fourth-order valence-electron chi connectivity index (χ4n) is 1.54. The number of nitrogens with zero attached hydrogens (tertiary/aromatic N) is 2. The van der Waals surface area contributed by atoms with Gasteiger partial charge in [0, 0.05) is 17.3 Å². The van der Waals surface area contributed by atoms with Crippen molar-refractivity contribution in [2.24, 2.45) is 0 Å². The Morgan fingerprint density at radius 3 is 2.89 bits per heavy atom. The molecule has 0 aliphatic rings. The quantitative estimate of drug-likeness (QED) is 0.901. The van der Waals surface area contributed by atoms with E-state index >= 15 is 0 Å². The number of rotatable bonds is 3. The molecule has 0 aliphatic carbocycles. The largest absolute Gasteiger partial charge is 0.381 e. The number of nitrogen functional groups attached to an aromatic ring is 1. The summed E-state index contributed by atoms with van der Waals surface area (Å²) in [5, 5.41) is 3.45. The van der Waals surface area contributed by atoms with Gasteiger partial charge < -0.3 is 11.1 Å². The average Bonchev–Trinajstić information content (AvgIpc) is 2.79. The van der Waals surface area contributed by atoms with E-state index in [1.165, 1.54) is 23.6 Å². The smallest absolute Gasteiger partial charge is 0.255 e. The number of amides is 1. The van der Waals surface area contributed by atoms with Crippen molar-refractivity contribution in [3.05, 3.63) is 39.7 Å². The molecule has 0 saturated heterocycles. The fourth-order valence-corrected chi connectivity index (χ4v) is 2.32. The molecule has 0 aromatic carbocycles. The maximum atomic E-state index is 13.6. The van der Waals surface area contributed by atoms with Gasteiger partial charge in [0.05, 0.1) is 11.6 Å². The van der Waals surface area contributed by atoms with E-state index in [9.17, 15) is 9.18 Å². The van der Waals surface area contributed by atoms with Gasteiger partial charge in [-0.05, 0) is 19.9 Å². The molecule has 2 aromatic rings. The number of aryl methyl sites for hydroxylation is 1. The molecular weight excluding hydrogens is 267 g/mol. The Hall–Kier alpha value is -2.02. The van der Waals surface area contributed by atoms with Gasteiger partial charge in [-0.1, -0.05) is 0 Å². The molecule has 0 radical (unpaired) electrons. The van der Waals surface area contributed by atoms with E-state index in [1.54, 1.807) is 13.1 Å². The van der Waals surface area contributed by atoms with Crippen LogP contribution in [0.15, 0.2) is 18.5 Å². The summed E-state index contributed by atoms with van der Waals surface area (Å²) in [4.78, 5) is 20.8. The first-order chi connectivity index (χ1) is 8.99. The van der Waals surface area contributed by atoms with Gasteiger partial charge in [-0.3, -0.25) is 4.79 Å². The third-order valence-electron chi connectivity index (χ3n) is 2.52. The second kappa shape index (κ2) is 5.31. The lowest BCUT2D eigenvalue weighted by molar-refractivity contribution is 0.0935. The molecule has 0 bridgehead atoms. The Morgan fingerprint density at radius 1 is 1.53 bits per heavy atom. The summed E-state index contributed by atoms with van der Waals surface area (Å²) >= 11 is 1.48. The number of hydrogen-bond acceptors (Lipinski definition) is 5. The van der Waals surface area contributed by atoms with Crippen LogP contribution >= 0.6 is 11.3 Å². The summed E-state index contributed by atoms with van der Waals surface area (Å²) in [6.07, 6.45) is 3.03. The number of nitrogens with one attached hydrogen (secondary N) is 1. The van der Waals surface area contributed by atoms with Gasteiger partial charge >= 0.3 is 0 Å². The van der Waals surface area contributed by atoms with E-state index in [0.29, 0.717) is 0 Å².